The first-order valence-electron chi connectivity index (χ1n) is 7.16. The van der Waals surface area contributed by atoms with E-state index in [2.05, 4.69) is 5.32 Å². The minimum atomic E-state index is -0.171. The molecule has 0 fully saturated rings. The normalized spacial score (nSPS) is 11.8. The number of hydrogen-bond acceptors (Lipinski definition) is 3. The number of aryl methyl sites for hydroxylation is 1. The number of methoxy groups -OCH3 is 2. The van der Waals surface area contributed by atoms with Crippen molar-refractivity contribution in [3.63, 3.8) is 0 Å². The first-order chi connectivity index (χ1) is 10.7. The third-order valence-electron chi connectivity index (χ3n) is 3.60. The molecule has 2 rings (SSSR count). The second-order valence-corrected chi connectivity index (χ2v) is 5.02. The molecule has 0 spiro atoms. The fourth-order valence-electron chi connectivity index (χ4n) is 2.32. The fourth-order valence-corrected chi connectivity index (χ4v) is 2.32. The van der Waals surface area contributed by atoms with Crippen LogP contribution in [0.15, 0.2) is 48.5 Å². The molecule has 1 N–H and O–H groups in total. The van der Waals surface area contributed by atoms with Crippen LogP contribution in [0.1, 0.15) is 27.6 Å². The van der Waals surface area contributed by atoms with Crippen molar-refractivity contribution in [1.82, 2.24) is 5.32 Å². The van der Waals surface area contributed by atoms with Crippen LogP contribution in [0.4, 0.5) is 0 Å². The van der Waals surface area contributed by atoms with Gasteiger partial charge in [-0.25, -0.2) is 0 Å². The number of nitrogens with one attached hydrogen (secondary N) is 1. The lowest BCUT2D eigenvalue weighted by Gasteiger charge is -2.18. The molecular formula is C18H21NO3. The molecule has 1 amide bonds. The van der Waals surface area contributed by atoms with Crippen LogP contribution >= 0.6 is 0 Å². The highest BCUT2D eigenvalue weighted by Crippen LogP contribution is 2.20. The van der Waals surface area contributed by atoms with E-state index < -0.39 is 0 Å². The molecule has 0 aliphatic carbocycles. The summed E-state index contributed by atoms with van der Waals surface area (Å²) < 4.78 is 10.6. The van der Waals surface area contributed by atoms with Crippen LogP contribution in [0.2, 0.25) is 0 Å². The standard InChI is InChI=1S/C18H21NO3/c1-13-7-4-5-10-16(13)17(22-3)12-19-18(20)14-8-6-9-15(11-14)21-2/h4-11,17H,12H2,1-3H3,(H,19,20). The number of carbonyl (C=O) groups excluding carboxylic acids is 1. The van der Waals surface area contributed by atoms with Crippen molar-refractivity contribution in [3.8, 4) is 5.75 Å². The predicted octanol–water partition coefficient (Wildman–Crippen LogP) is 3.12. The van der Waals surface area contributed by atoms with E-state index in [9.17, 15) is 4.79 Å². The summed E-state index contributed by atoms with van der Waals surface area (Å²) in [5.41, 5.74) is 2.79. The average molecular weight is 299 g/mol. The first kappa shape index (κ1) is 16.0. The summed E-state index contributed by atoms with van der Waals surface area (Å²) in [7, 11) is 3.23. The zero-order valence-corrected chi connectivity index (χ0v) is 13.1. The van der Waals surface area contributed by atoms with E-state index in [1.165, 1.54) is 0 Å². The van der Waals surface area contributed by atoms with Crippen molar-refractivity contribution in [2.75, 3.05) is 20.8 Å². The molecule has 2 aromatic carbocycles. The first-order valence-corrected chi connectivity index (χ1v) is 7.16. The molecule has 4 heteroatoms. The van der Waals surface area contributed by atoms with Crippen LogP contribution in [-0.2, 0) is 4.74 Å². The number of carbonyl (C=O) groups is 1. The Labute approximate surface area is 131 Å². The van der Waals surface area contributed by atoms with E-state index in [1.807, 2.05) is 37.3 Å². The SMILES string of the molecule is COc1cccc(C(=O)NCC(OC)c2ccccc2C)c1. The Bertz CT molecular complexity index is 640. The van der Waals surface area contributed by atoms with Crippen molar-refractivity contribution in [1.29, 1.82) is 0 Å². The zero-order chi connectivity index (χ0) is 15.9. The van der Waals surface area contributed by atoms with Gasteiger partial charge < -0.3 is 14.8 Å². The molecular weight excluding hydrogens is 278 g/mol. The molecule has 22 heavy (non-hydrogen) atoms. The molecule has 0 heterocycles. The highest BCUT2D eigenvalue weighted by molar-refractivity contribution is 5.94. The maximum atomic E-state index is 12.2. The van der Waals surface area contributed by atoms with Gasteiger partial charge in [-0.05, 0) is 36.2 Å². The van der Waals surface area contributed by atoms with Crippen LogP contribution in [0.5, 0.6) is 5.75 Å². The van der Waals surface area contributed by atoms with E-state index in [4.69, 9.17) is 9.47 Å². The maximum absolute atomic E-state index is 12.2. The average Bonchev–Trinajstić information content (AvgIpc) is 2.56. The lowest BCUT2D eigenvalue weighted by molar-refractivity contribution is 0.0825. The van der Waals surface area contributed by atoms with Gasteiger partial charge in [0.05, 0.1) is 13.2 Å². The predicted molar refractivity (Wildman–Crippen MR) is 86.3 cm³/mol. The van der Waals surface area contributed by atoms with Gasteiger partial charge in [0.15, 0.2) is 0 Å². The molecule has 0 aromatic heterocycles. The van der Waals surface area contributed by atoms with Gasteiger partial charge in [-0.15, -0.1) is 0 Å². The fraction of sp³-hybridized carbons (Fsp3) is 0.278. The molecule has 4 nitrogen and oxygen atoms in total. The monoisotopic (exact) mass is 299 g/mol. The Hall–Kier alpha value is -2.33. The van der Waals surface area contributed by atoms with Crippen molar-refractivity contribution < 1.29 is 14.3 Å². The summed E-state index contributed by atoms with van der Waals surface area (Å²) in [6.45, 7) is 2.45. The van der Waals surface area contributed by atoms with Gasteiger partial charge >= 0.3 is 0 Å². The molecule has 1 atom stereocenters. The molecule has 1 unspecified atom stereocenters. The van der Waals surface area contributed by atoms with Gasteiger partial charge in [0.25, 0.3) is 5.91 Å². The molecule has 0 aliphatic heterocycles. The second kappa shape index (κ2) is 7.61. The number of ether oxygens (including phenoxy) is 2. The highest BCUT2D eigenvalue weighted by Gasteiger charge is 2.15. The molecule has 2 aromatic rings. The van der Waals surface area contributed by atoms with Crippen LogP contribution in [-0.4, -0.2) is 26.7 Å². The minimum Gasteiger partial charge on any atom is -0.497 e. The largest absolute Gasteiger partial charge is 0.497 e. The topological polar surface area (TPSA) is 47.6 Å². The summed E-state index contributed by atoms with van der Waals surface area (Å²) in [5, 5.41) is 2.91. The third kappa shape index (κ3) is 3.86. The lowest BCUT2D eigenvalue weighted by Crippen LogP contribution is -2.29. The summed E-state index contributed by atoms with van der Waals surface area (Å²) in [4.78, 5) is 12.2. The number of hydrogen-bond donors (Lipinski definition) is 1. The Morgan fingerprint density at radius 1 is 1.14 bits per heavy atom. The van der Waals surface area contributed by atoms with E-state index in [0.29, 0.717) is 17.9 Å². The minimum absolute atomic E-state index is 0.144. The van der Waals surface area contributed by atoms with Crippen LogP contribution in [0.3, 0.4) is 0 Å². The van der Waals surface area contributed by atoms with Crippen molar-refractivity contribution >= 4 is 5.91 Å². The van der Waals surface area contributed by atoms with Crippen LogP contribution < -0.4 is 10.1 Å². The van der Waals surface area contributed by atoms with E-state index >= 15 is 0 Å². The summed E-state index contributed by atoms with van der Waals surface area (Å²) in [5.74, 6) is 0.518. The molecule has 0 aliphatic rings. The molecule has 0 radical (unpaired) electrons. The summed E-state index contributed by atoms with van der Waals surface area (Å²) >= 11 is 0. The van der Waals surface area contributed by atoms with Gasteiger partial charge in [0.2, 0.25) is 0 Å². The number of benzene rings is 2. The molecule has 0 saturated heterocycles. The zero-order valence-electron chi connectivity index (χ0n) is 13.1. The molecule has 116 valence electrons. The Morgan fingerprint density at radius 3 is 2.59 bits per heavy atom. The smallest absolute Gasteiger partial charge is 0.251 e. The van der Waals surface area contributed by atoms with E-state index in [-0.39, 0.29) is 12.0 Å². The van der Waals surface area contributed by atoms with Gasteiger partial charge in [-0.2, -0.15) is 0 Å². The van der Waals surface area contributed by atoms with Crippen molar-refractivity contribution in [2.24, 2.45) is 0 Å². The Kier molecular flexibility index (Phi) is 5.55. The summed E-state index contributed by atoms with van der Waals surface area (Å²) in [6, 6.07) is 15.1. The Balaban J connectivity index is 2.04. The Morgan fingerprint density at radius 2 is 1.91 bits per heavy atom. The molecule has 0 bridgehead atoms. The van der Waals surface area contributed by atoms with Crippen LogP contribution in [0, 0.1) is 6.92 Å². The quantitative estimate of drug-likeness (QED) is 0.891. The van der Waals surface area contributed by atoms with Gasteiger partial charge in [0, 0.05) is 19.2 Å². The highest BCUT2D eigenvalue weighted by atomic mass is 16.5. The number of amides is 1. The molecule has 0 saturated carbocycles. The van der Waals surface area contributed by atoms with Gasteiger partial charge in [-0.1, -0.05) is 30.3 Å². The maximum Gasteiger partial charge on any atom is 0.251 e. The summed E-state index contributed by atoms with van der Waals surface area (Å²) in [6.07, 6.45) is -0.171. The van der Waals surface area contributed by atoms with E-state index in [0.717, 1.165) is 11.1 Å². The second-order valence-electron chi connectivity index (χ2n) is 5.02. The third-order valence-corrected chi connectivity index (χ3v) is 3.60. The van der Waals surface area contributed by atoms with Gasteiger partial charge in [-0.3, -0.25) is 4.79 Å². The number of rotatable bonds is 6. The van der Waals surface area contributed by atoms with Crippen molar-refractivity contribution in [2.45, 2.75) is 13.0 Å². The van der Waals surface area contributed by atoms with Gasteiger partial charge in [0.1, 0.15) is 5.75 Å². The van der Waals surface area contributed by atoms with Crippen molar-refractivity contribution in [3.05, 3.63) is 65.2 Å². The van der Waals surface area contributed by atoms with Crippen LogP contribution in [0.25, 0.3) is 0 Å². The lowest BCUT2D eigenvalue weighted by atomic mass is 10.0. The van der Waals surface area contributed by atoms with E-state index in [1.54, 1.807) is 32.4 Å².